The molecule has 0 aromatic heterocycles. The topological polar surface area (TPSA) is 121 Å². The van der Waals surface area contributed by atoms with E-state index in [2.05, 4.69) is 0 Å². The van der Waals surface area contributed by atoms with Crippen molar-refractivity contribution in [1.82, 2.24) is 0 Å². The third kappa shape index (κ3) is 13.8. The monoisotopic (exact) mass is 226 g/mol. The largest absolute Gasteiger partial charge is 0.396 e. The molecule has 6 heteroatoms. The van der Waals surface area contributed by atoms with Crippen molar-refractivity contribution in [3.63, 3.8) is 0 Å². The van der Waals surface area contributed by atoms with Crippen LogP contribution in [0.25, 0.3) is 0 Å². The highest BCUT2D eigenvalue weighted by Gasteiger charge is 2.17. The molecule has 0 aromatic carbocycles. The quantitative estimate of drug-likeness (QED) is 0.307. The van der Waals surface area contributed by atoms with Crippen molar-refractivity contribution in [3.05, 3.63) is 0 Å². The number of rotatable bonds is 6. The Hall–Kier alpha value is -0.240. The molecular formula is C9H22O6. The molecule has 0 aliphatic heterocycles. The van der Waals surface area contributed by atoms with Gasteiger partial charge in [0.25, 0.3) is 0 Å². The van der Waals surface area contributed by atoms with Gasteiger partial charge in [0.15, 0.2) is 0 Å². The van der Waals surface area contributed by atoms with Crippen LogP contribution in [0, 0.1) is 0 Å². The Morgan fingerprint density at radius 1 is 0.933 bits per heavy atom. The molecule has 0 saturated heterocycles. The smallest absolute Gasteiger partial charge is 0.100 e. The Kier molecular flexibility index (Phi) is 11.8. The van der Waals surface area contributed by atoms with E-state index in [-0.39, 0.29) is 26.4 Å². The lowest BCUT2D eigenvalue weighted by Crippen LogP contribution is -2.26. The maximum absolute atomic E-state index is 9.19. The van der Waals surface area contributed by atoms with Crippen LogP contribution in [0.3, 0.4) is 0 Å². The first kappa shape index (κ1) is 17.2. The van der Waals surface area contributed by atoms with Gasteiger partial charge in [0.1, 0.15) is 6.10 Å². The molecule has 0 fully saturated rings. The number of aliphatic hydroxyl groups excluding tert-OH is 5. The minimum absolute atomic E-state index is 0.0347. The van der Waals surface area contributed by atoms with Crippen LogP contribution in [0.1, 0.15) is 19.8 Å². The summed E-state index contributed by atoms with van der Waals surface area (Å²) >= 11 is 0. The Balaban J connectivity index is 0. The average Bonchev–Trinajstić information content (AvgIpc) is 2.17. The minimum Gasteiger partial charge on any atom is -0.396 e. The fourth-order valence-electron chi connectivity index (χ4n) is 0.664. The molecule has 6 nitrogen and oxygen atoms in total. The van der Waals surface area contributed by atoms with Gasteiger partial charge in [0.2, 0.25) is 0 Å². The molecule has 0 rings (SSSR count). The molecule has 0 bridgehead atoms. The van der Waals surface area contributed by atoms with Gasteiger partial charge in [0, 0.05) is 13.2 Å². The lowest BCUT2D eigenvalue weighted by molar-refractivity contribution is 0.0116. The molecule has 0 unspecified atom stereocenters. The van der Waals surface area contributed by atoms with Gasteiger partial charge in [-0.15, -0.1) is 0 Å². The van der Waals surface area contributed by atoms with Crippen LogP contribution < -0.4 is 0 Å². The second-order valence-corrected chi connectivity index (χ2v) is 3.46. The molecule has 0 saturated carbocycles. The van der Waals surface area contributed by atoms with Crippen molar-refractivity contribution in [2.45, 2.75) is 31.5 Å². The summed E-state index contributed by atoms with van der Waals surface area (Å²) in [5, 5.41) is 50.0. The van der Waals surface area contributed by atoms with Crippen LogP contribution in [0.5, 0.6) is 0 Å². The van der Waals surface area contributed by atoms with E-state index in [0.29, 0.717) is 12.8 Å². The molecule has 0 atom stereocenters. The van der Waals surface area contributed by atoms with Crippen molar-refractivity contribution < 1.29 is 30.6 Å². The van der Waals surface area contributed by atoms with E-state index < -0.39 is 11.7 Å². The van der Waals surface area contributed by atoms with Crippen molar-refractivity contribution in [3.8, 4) is 0 Å². The van der Waals surface area contributed by atoms with Crippen molar-refractivity contribution in [2.75, 3.05) is 26.4 Å². The first-order chi connectivity index (χ1) is 6.93. The van der Waals surface area contributed by atoms with E-state index in [0.717, 1.165) is 0 Å². The molecular weight excluding hydrogens is 204 g/mol. The highest BCUT2D eigenvalue weighted by molar-refractivity contribution is 4.70. The third-order valence-corrected chi connectivity index (χ3v) is 1.72. The van der Waals surface area contributed by atoms with Gasteiger partial charge < -0.3 is 30.6 Å². The van der Waals surface area contributed by atoms with Crippen LogP contribution in [-0.4, -0.2) is 68.8 Å². The van der Waals surface area contributed by atoms with Crippen LogP contribution in [0.4, 0.5) is 0 Å². The van der Waals surface area contributed by atoms with Crippen molar-refractivity contribution in [1.29, 1.82) is 0 Å². The van der Waals surface area contributed by atoms with E-state index in [4.69, 9.17) is 25.5 Å². The Labute approximate surface area is 89.4 Å². The van der Waals surface area contributed by atoms with Gasteiger partial charge in [-0.2, -0.15) is 0 Å². The summed E-state index contributed by atoms with van der Waals surface area (Å²) in [6.45, 7) is 0.798. The van der Waals surface area contributed by atoms with E-state index in [1.165, 1.54) is 0 Å². The SMILES string of the molecule is CC(O)(CCO)CCO.OCC(O)CO. The average molecular weight is 226 g/mol. The van der Waals surface area contributed by atoms with Crippen LogP contribution in [0.2, 0.25) is 0 Å². The van der Waals surface area contributed by atoms with Crippen molar-refractivity contribution >= 4 is 0 Å². The first-order valence-corrected chi connectivity index (χ1v) is 4.77. The predicted octanol–water partition coefficient (Wildman–Crippen LogP) is -2.17. The molecule has 94 valence electrons. The fourth-order valence-corrected chi connectivity index (χ4v) is 0.664. The zero-order chi connectivity index (χ0) is 12.3. The molecule has 0 aliphatic carbocycles. The van der Waals surface area contributed by atoms with Gasteiger partial charge in [-0.1, -0.05) is 0 Å². The fraction of sp³-hybridized carbons (Fsp3) is 1.00. The Morgan fingerprint density at radius 3 is 1.40 bits per heavy atom. The van der Waals surface area contributed by atoms with Gasteiger partial charge in [-0.05, 0) is 19.8 Å². The lowest BCUT2D eigenvalue weighted by atomic mass is 10.00. The van der Waals surface area contributed by atoms with Crippen LogP contribution >= 0.6 is 0 Å². The Bertz CT molecular complexity index is 116. The Morgan fingerprint density at radius 2 is 1.27 bits per heavy atom. The molecule has 0 heterocycles. The normalized spacial score (nSPS) is 11.2. The molecule has 6 N–H and O–H groups in total. The van der Waals surface area contributed by atoms with E-state index in [9.17, 15) is 5.11 Å². The minimum atomic E-state index is -0.954. The molecule has 0 spiro atoms. The van der Waals surface area contributed by atoms with E-state index in [1.54, 1.807) is 6.92 Å². The summed E-state index contributed by atoms with van der Waals surface area (Å²) in [6, 6.07) is 0. The lowest BCUT2D eigenvalue weighted by Gasteiger charge is -2.20. The molecule has 0 amide bonds. The molecule has 0 aliphatic rings. The zero-order valence-corrected chi connectivity index (χ0v) is 9.00. The summed E-state index contributed by atoms with van der Waals surface area (Å²) < 4.78 is 0. The summed E-state index contributed by atoms with van der Waals surface area (Å²) in [5.41, 5.74) is -0.899. The molecule has 0 aromatic rings. The maximum Gasteiger partial charge on any atom is 0.100 e. The highest BCUT2D eigenvalue weighted by Crippen LogP contribution is 2.11. The highest BCUT2D eigenvalue weighted by atomic mass is 16.3. The van der Waals surface area contributed by atoms with Gasteiger partial charge >= 0.3 is 0 Å². The van der Waals surface area contributed by atoms with Crippen molar-refractivity contribution in [2.24, 2.45) is 0 Å². The summed E-state index contributed by atoms with van der Waals surface area (Å²) in [7, 11) is 0. The van der Waals surface area contributed by atoms with Gasteiger partial charge in [0.05, 0.1) is 18.8 Å². The standard InChI is InChI=1S/C6H14O3.C3H8O3/c1-6(9,2-4-7)3-5-8;4-1-3(6)2-5/h7-9H,2-5H2,1H3;3-6H,1-2H2. The van der Waals surface area contributed by atoms with Gasteiger partial charge in [-0.25, -0.2) is 0 Å². The zero-order valence-electron chi connectivity index (χ0n) is 9.00. The third-order valence-electron chi connectivity index (χ3n) is 1.72. The molecule has 15 heavy (non-hydrogen) atoms. The number of hydrogen-bond acceptors (Lipinski definition) is 6. The maximum atomic E-state index is 9.19. The van der Waals surface area contributed by atoms with Crippen LogP contribution in [-0.2, 0) is 0 Å². The van der Waals surface area contributed by atoms with E-state index in [1.807, 2.05) is 0 Å². The summed E-state index contributed by atoms with van der Waals surface area (Å²) in [6.07, 6.45) is -0.300. The predicted molar refractivity (Wildman–Crippen MR) is 54.2 cm³/mol. The summed E-state index contributed by atoms with van der Waals surface area (Å²) in [4.78, 5) is 0. The van der Waals surface area contributed by atoms with Gasteiger partial charge in [-0.3, -0.25) is 0 Å². The second kappa shape index (κ2) is 10.3. The molecule has 0 radical (unpaired) electrons. The summed E-state index contributed by atoms with van der Waals surface area (Å²) in [5.74, 6) is 0. The van der Waals surface area contributed by atoms with Crippen LogP contribution in [0.15, 0.2) is 0 Å². The van der Waals surface area contributed by atoms with E-state index >= 15 is 0 Å². The first-order valence-electron chi connectivity index (χ1n) is 4.77. The number of hydrogen-bond donors (Lipinski definition) is 6. The second-order valence-electron chi connectivity index (χ2n) is 3.46. The number of aliphatic hydroxyl groups is 6.